The lowest BCUT2D eigenvalue weighted by molar-refractivity contribution is -0.137. The van der Waals surface area contributed by atoms with Gasteiger partial charge >= 0.3 is 6.18 Å². The molecule has 1 saturated heterocycles. The van der Waals surface area contributed by atoms with Gasteiger partial charge in [0.2, 0.25) is 15.9 Å². The van der Waals surface area contributed by atoms with Gasteiger partial charge in [-0.25, -0.2) is 17.8 Å². The number of amides is 1. The minimum absolute atomic E-state index is 0.0666. The van der Waals surface area contributed by atoms with Gasteiger partial charge in [-0.3, -0.25) is 4.79 Å². The molecule has 2 aromatic carbocycles. The Balaban J connectivity index is 1.45. The molecule has 3 aromatic rings. The zero-order valence-electron chi connectivity index (χ0n) is 23.1. The molecule has 9 nitrogen and oxygen atoms in total. The second-order valence-electron chi connectivity index (χ2n) is 10.2. The van der Waals surface area contributed by atoms with Crippen molar-refractivity contribution in [2.24, 2.45) is 5.73 Å². The van der Waals surface area contributed by atoms with Crippen LogP contribution < -0.4 is 21.3 Å². The second-order valence-corrected chi connectivity index (χ2v) is 12.7. The van der Waals surface area contributed by atoms with Crippen LogP contribution in [0.3, 0.4) is 0 Å². The first-order valence-electron chi connectivity index (χ1n) is 13.2. The monoisotopic (exact) mass is 608 g/mol. The van der Waals surface area contributed by atoms with Crippen LogP contribution in [0.1, 0.15) is 30.5 Å². The minimum Gasteiger partial charge on any atom is -0.381 e. The Hall–Kier alpha value is -3.91. The predicted octanol–water partition coefficient (Wildman–Crippen LogP) is 4.48. The summed E-state index contributed by atoms with van der Waals surface area (Å²) < 4.78 is 79.6. The highest BCUT2D eigenvalue weighted by Crippen LogP contribution is 2.31. The van der Waals surface area contributed by atoms with Crippen molar-refractivity contribution in [2.45, 2.75) is 38.2 Å². The Morgan fingerprint density at radius 2 is 1.71 bits per heavy atom. The number of piperazine rings is 1. The van der Waals surface area contributed by atoms with Gasteiger partial charge in [0, 0.05) is 67.6 Å². The van der Waals surface area contributed by atoms with Gasteiger partial charge in [0.25, 0.3) is 0 Å². The lowest BCUT2D eigenvalue weighted by atomic mass is 10.1. The summed E-state index contributed by atoms with van der Waals surface area (Å²) in [5.74, 6) is -1.24. The molecule has 0 bridgehead atoms. The number of halogens is 4. The number of aromatic nitrogens is 1. The van der Waals surface area contributed by atoms with Crippen LogP contribution in [0.15, 0.2) is 54.7 Å². The van der Waals surface area contributed by atoms with Gasteiger partial charge in [0.05, 0.1) is 17.2 Å². The Morgan fingerprint density at radius 1 is 1.05 bits per heavy atom. The van der Waals surface area contributed by atoms with Crippen molar-refractivity contribution >= 4 is 38.8 Å². The molecule has 1 amide bonds. The summed E-state index contributed by atoms with van der Waals surface area (Å²) >= 11 is 0. The Kier molecular flexibility index (Phi) is 9.26. The van der Waals surface area contributed by atoms with E-state index < -0.39 is 38.7 Å². The minimum atomic E-state index is -4.69. The number of nitrogens with two attached hydrogens (primary N) is 1. The highest BCUT2D eigenvalue weighted by molar-refractivity contribution is 7.89. The van der Waals surface area contributed by atoms with Crippen LogP contribution >= 0.6 is 0 Å². The molecule has 0 atom stereocenters. The normalized spacial score (nSPS) is 14.7. The quantitative estimate of drug-likeness (QED) is 0.290. The number of hydrogen-bond donors (Lipinski definition) is 3. The lowest BCUT2D eigenvalue weighted by Gasteiger charge is -2.36. The SMILES string of the molecule is CC(C)S(=O)(=O)N1CCN(c2ccc(Nc3cc(NCc4cc(F)cc(C(F)(F)F)c4)c(CC(N)=O)cn3)cc2)CC1. The zero-order chi connectivity index (χ0) is 30.7. The van der Waals surface area contributed by atoms with Crippen LogP contribution in [0.4, 0.5) is 40.4 Å². The van der Waals surface area contributed by atoms with Gasteiger partial charge in [-0.05, 0) is 61.9 Å². The molecule has 0 aliphatic carbocycles. The summed E-state index contributed by atoms with van der Waals surface area (Å²) in [6.45, 7) is 5.14. The fourth-order valence-corrected chi connectivity index (χ4v) is 5.83. The maximum atomic E-state index is 13.8. The number of sulfonamides is 1. The zero-order valence-corrected chi connectivity index (χ0v) is 23.9. The van der Waals surface area contributed by atoms with Crippen LogP contribution in [0.25, 0.3) is 0 Å². The average molecular weight is 609 g/mol. The molecule has 226 valence electrons. The van der Waals surface area contributed by atoms with Crippen molar-refractivity contribution in [2.75, 3.05) is 41.7 Å². The fourth-order valence-electron chi connectivity index (χ4n) is 4.56. The van der Waals surface area contributed by atoms with E-state index >= 15 is 0 Å². The van der Waals surface area contributed by atoms with Crippen LogP contribution in [-0.4, -0.2) is 55.0 Å². The molecule has 1 aliphatic heterocycles. The number of carbonyl (C=O) groups excluding carboxylic acids is 1. The second kappa shape index (κ2) is 12.5. The number of pyridine rings is 1. The molecule has 1 aromatic heterocycles. The topological polar surface area (TPSA) is 121 Å². The summed E-state index contributed by atoms with van der Waals surface area (Å²) in [6, 6.07) is 11.4. The van der Waals surface area contributed by atoms with Gasteiger partial charge < -0.3 is 21.3 Å². The van der Waals surface area contributed by atoms with Crippen molar-refractivity contribution < 1.29 is 30.8 Å². The van der Waals surface area contributed by atoms with E-state index in [1.54, 1.807) is 19.9 Å². The third kappa shape index (κ3) is 7.68. The Labute approximate surface area is 241 Å². The number of hydrogen-bond acceptors (Lipinski definition) is 7. The van der Waals surface area contributed by atoms with E-state index in [0.29, 0.717) is 55.0 Å². The first-order chi connectivity index (χ1) is 19.7. The molecule has 42 heavy (non-hydrogen) atoms. The molecule has 2 heterocycles. The molecular formula is C28H32F4N6O3S. The molecule has 0 saturated carbocycles. The van der Waals surface area contributed by atoms with Gasteiger partial charge in [0.15, 0.2) is 0 Å². The number of rotatable bonds is 10. The van der Waals surface area contributed by atoms with E-state index in [1.807, 2.05) is 24.3 Å². The molecule has 0 spiro atoms. The summed E-state index contributed by atoms with van der Waals surface area (Å²) in [5.41, 5.74) is 6.77. The summed E-state index contributed by atoms with van der Waals surface area (Å²) in [6.07, 6.45) is -3.42. The van der Waals surface area contributed by atoms with E-state index in [2.05, 4.69) is 20.5 Å². The molecule has 1 aliphatic rings. The third-order valence-corrected chi connectivity index (χ3v) is 9.09. The van der Waals surface area contributed by atoms with Gasteiger partial charge in [-0.2, -0.15) is 17.5 Å². The number of anilines is 4. The smallest absolute Gasteiger partial charge is 0.381 e. The Morgan fingerprint density at radius 3 is 2.31 bits per heavy atom. The van der Waals surface area contributed by atoms with Crippen LogP contribution in [-0.2, 0) is 34.0 Å². The van der Waals surface area contributed by atoms with Crippen molar-refractivity contribution in [1.82, 2.24) is 9.29 Å². The van der Waals surface area contributed by atoms with Crippen molar-refractivity contribution in [3.8, 4) is 0 Å². The number of nitrogens with zero attached hydrogens (tertiary/aromatic N) is 3. The van der Waals surface area contributed by atoms with Gasteiger partial charge in [-0.1, -0.05) is 0 Å². The van der Waals surface area contributed by atoms with Crippen molar-refractivity contribution in [1.29, 1.82) is 0 Å². The van der Waals surface area contributed by atoms with E-state index in [4.69, 9.17) is 5.73 Å². The highest BCUT2D eigenvalue weighted by Gasteiger charge is 2.31. The summed E-state index contributed by atoms with van der Waals surface area (Å²) in [4.78, 5) is 18.0. The van der Waals surface area contributed by atoms with Crippen LogP contribution in [0, 0.1) is 5.82 Å². The number of primary amides is 1. The third-order valence-electron chi connectivity index (χ3n) is 6.82. The highest BCUT2D eigenvalue weighted by atomic mass is 32.2. The number of carbonyl (C=O) groups is 1. The number of alkyl halides is 3. The predicted molar refractivity (Wildman–Crippen MR) is 153 cm³/mol. The molecular weight excluding hydrogens is 576 g/mol. The van der Waals surface area contributed by atoms with E-state index in [-0.39, 0.29) is 18.5 Å². The standard InChI is InChI=1S/C28H32F4N6O3S/c1-18(2)42(40,41)38-9-7-37(8-10-38)24-5-3-23(4-6-24)36-27-15-25(20(17-35-27)13-26(33)39)34-16-19-11-21(28(30,31)32)14-22(29)12-19/h3-6,11-12,14-15,17-18H,7-10,13,16H2,1-2H3,(H2,33,39)(H2,34,35,36). The average Bonchev–Trinajstić information content (AvgIpc) is 2.92. The Bertz CT molecular complexity index is 1520. The first kappa shape index (κ1) is 31.0. The summed E-state index contributed by atoms with van der Waals surface area (Å²) in [7, 11) is -3.29. The molecule has 14 heteroatoms. The van der Waals surface area contributed by atoms with Crippen LogP contribution in [0.5, 0.6) is 0 Å². The van der Waals surface area contributed by atoms with Gasteiger partial charge in [-0.15, -0.1) is 0 Å². The summed E-state index contributed by atoms with van der Waals surface area (Å²) in [5, 5.41) is 5.65. The molecule has 4 N–H and O–H groups in total. The fraction of sp³-hybridized carbons (Fsp3) is 0.357. The van der Waals surface area contributed by atoms with Crippen molar-refractivity contribution in [3.05, 3.63) is 77.2 Å². The molecule has 0 radical (unpaired) electrons. The molecule has 1 fully saturated rings. The molecule has 4 rings (SSSR count). The first-order valence-corrected chi connectivity index (χ1v) is 14.7. The maximum absolute atomic E-state index is 13.8. The lowest BCUT2D eigenvalue weighted by Crippen LogP contribution is -2.50. The van der Waals surface area contributed by atoms with Crippen molar-refractivity contribution in [3.63, 3.8) is 0 Å². The number of nitrogens with one attached hydrogen (secondary N) is 2. The van der Waals surface area contributed by atoms with Crippen LogP contribution in [0.2, 0.25) is 0 Å². The largest absolute Gasteiger partial charge is 0.416 e. The number of benzene rings is 2. The van der Waals surface area contributed by atoms with E-state index in [9.17, 15) is 30.8 Å². The van der Waals surface area contributed by atoms with E-state index in [1.165, 1.54) is 10.5 Å². The molecule has 0 unspecified atom stereocenters. The van der Waals surface area contributed by atoms with Gasteiger partial charge in [0.1, 0.15) is 11.6 Å². The van der Waals surface area contributed by atoms with E-state index in [0.717, 1.165) is 17.8 Å². The maximum Gasteiger partial charge on any atom is 0.416 e.